The zero-order chi connectivity index (χ0) is 13.8. The second-order valence-electron chi connectivity index (χ2n) is 4.25. The van der Waals surface area contributed by atoms with E-state index >= 15 is 0 Å². The van der Waals surface area contributed by atoms with Gasteiger partial charge in [-0.15, -0.1) is 0 Å². The molecule has 0 radical (unpaired) electrons. The average molecular weight is 264 g/mol. The lowest BCUT2D eigenvalue weighted by Gasteiger charge is -1.99. The molecule has 0 aliphatic heterocycles. The van der Waals surface area contributed by atoms with E-state index < -0.39 is 0 Å². The largest absolute Gasteiger partial charge is 0.457 e. The number of aromatic nitrogens is 1. The molecule has 3 aromatic rings. The lowest BCUT2D eigenvalue weighted by Crippen LogP contribution is -2.07. The third kappa shape index (κ3) is 2.75. The van der Waals surface area contributed by atoms with Crippen LogP contribution in [0.4, 0.5) is 5.69 Å². The summed E-state index contributed by atoms with van der Waals surface area (Å²) in [7, 11) is 0. The summed E-state index contributed by atoms with van der Waals surface area (Å²) < 4.78 is 5.59. The number of rotatable bonds is 3. The molecule has 2 heterocycles. The van der Waals surface area contributed by atoms with Crippen LogP contribution in [0.25, 0.3) is 17.0 Å². The molecular weight excluding hydrogens is 252 g/mol. The Hall–Kier alpha value is -2.88. The first kappa shape index (κ1) is 12.2. The summed E-state index contributed by atoms with van der Waals surface area (Å²) in [5.74, 6) is 0.438. The van der Waals surface area contributed by atoms with Crippen LogP contribution in [0.3, 0.4) is 0 Å². The van der Waals surface area contributed by atoms with Gasteiger partial charge in [0, 0.05) is 29.5 Å². The maximum Gasteiger partial charge on any atom is 0.248 e. The van der Waals surface area contributed by atoms with Gasteiger partial charge < -0.3 is 9.73 Å². The number of pyridine rings is 1. The van der Waals surface area contributed by atoms with Crippen molar-refractivity contribution in [2.24, 2.45) is 0 Å². The van der Waals surface area contributed by atoms with Crippen molar-refractivity contribution < 1.29 is 9.21 Å². The molecule has 2 aromatic heterocycles. The van der Waals surface area contributed by atoms with Crippen molar-refractivity contribution in [3.05, 3.63) is 66.7 Å². The lowest BCUT2D eigenvalue weighted by atomic mass is 10.2. The number of anilines is 1. The minimum atomic E-state index is -0.211. The smallest absolute Gasteiger partial charge is 0.248 e. The van der Waals surface area contributed by atoms with Gasteiger partial charge in [0.25, 0.3) is 0 Å². The number of benzene rings is 1. The van der Waals surface area contributed by atoms with Gasteiger partial charge >= 0.3 is 0 Å². The van der Waals surface area contributed by atoms with Crippen molar-refractivity contribution in [1.29, 1.82) is 0 Å². The topological polar surface area (TPSA) is 55.1 Å². The molecule has 0 atom stereocenters. The molecule has 0 aliphatic carbocycles. The zero-order valence-electron chi connectivity index (χ0n) is 10.6. The van der Waals surface area contributed by atoms with E-state index in [1.165, 1.54) is 6.08 Å². The molecule has 1 N–H and O–H groups in total. The maximum absolute atomic E-state index is 11.7. The number of carbonyl (C=O) groups excluding carboxylic acids is 1. The molecule has 20 heavy (non-hydrogen) atoms. The molecule has 0 bridgehead atoms. The average Bonchev–Trinajstić information content (AvgIpc) is 2.89. The Bertz CT molecular complexity index is 727. The van der Waals surface area contributed by atoms with Gasteiger partial charge in [-0.05, 0) is 30.3 Å². The number of hydrogen-bond donors (Lipinski definition) is 1. The molecule has 4 nitrogen and oxygen atoms in total. The van der Waals surface area contributed by atoms with Gasteiger partial charge in [0.2, 0.25) is 5.91 Å². The number of furan rings is 1. The van der Waals surface area contributed by atoms with Gasteiger partial charge in [0.15, 0.2) is 0 Å². The van der Waals surface area contributed by atoms with Crippen molar-refractivity contribution >= 4 is 28.6 Å². The highest BCUT2D eigenvalue weighted by Crippen LogP contribution is 2.19. The Kier molecular flexibility index (Phi) is 3.29. The predicted octanol–water partition coefficient (Wildman–Crippen LogP) is 3.48. The summed E-state index contributed by atoms with van der Waals surface area (Å²) in [4.78, 5) is 15.6. The Morgan fingerprint density at radius 1 is 1.15 bits per heavy atom. The van der Waals surface area contributed by atoms with Crippen molar-refractivity contribution in [2.45, 2.75) is 0 Å². The van der Waals surface area contributed by atoms with Crippen molar-refractivity contribution in [3.8, 4) is 0 Å². The zero-order valence-corrected chi connectivity index (χ0v) is 10.6. The minimum absolute atomic E-state index is 0.211. The number of nitrogens with one attached hydrogen (secondary N) is 1. The van der Waals surface area contributed by atoms with Crippen molar-refractivity contribution in [1.82, 2.24) is 4.98 Å². The highest BCUT2D eigenvalue weighted by atomic mass is 16.3. The SMILES string of the molecule is O=C(/C=C/c1cc2ccccc2o1)Nc1ccncc1. The Balaban J connectivity index is 1.72. The van der Waals surface area contributed by atoms with Crippen LogP contribution in [0.2, 0.25) is 0 Å². The number of nitrogens with zero attached hydrogens (tertiary/aromatic N) is 1. The van der Waals surface area contributed by atoms with E-state index in [0.717, 1.165) is 11.0 Å². The van der Waals surface area contributed by atoms with Crippen LogP contribution in [0.15, 0.2) is 65.4 Å². The Morgan fingerprint density at radius 2 is 1.95 bits per heavy atom. The van der Waals surface area contributed by atoms with E-state index in [0.29, 0.717) is 11.4 Å². The third-order valence-corrected chi connectivity index (χ3v) is 2.79. The van der Waals surface area contributed by atoms with Gasteiger partial charge in [-0.25, -0.2) is 0 Å². The minimum Gasteiger partial charge on any atom is -0.457 e. The maximum atomic E-state index is 11.7. The molecule has 0 fully saturated rings. The summed E-state index contributed by atoms with van der Waals surface area (Å²) in [6.07, 6.45) is 6.34. The highest BCUT2D eigenvalue weighted by molar-refractivity contribution is 6.01. The normalized spacial score (nSPS) is 11.0. The van der Waals surface area contributed by atoms with Gasteiger partial charge in [-0.2, -0.15) is 0 Å². The number of para-hydroxylation sites is 1. The van der Waals surface area contributed by atoms with E-state index in [1.54, 1.807) is 30.6 Å². The number of fused-ring (bicyclic) bond motifs is 1. The third-order valence-electron chi connectivity index (χ3n) is 2.79. The predicted molar refractivity (Wildman–Crippen MR) is 78.1 cm³/mol. The summed E-state index contributed by atoms with van der Waals surface area (Å²) in [6.45, 7) is 0. The van der Waals surface area contributed by atoms with E-state index in [4.69, 9.17) is 4.42 Å². The van der Waals surface area contributed by atoms with Gasteiger partial charge in [0.1, 0.15) is 11.3 Å². The second kappa shape index (κ2) is 5.40. The first-order valence-corrected chi connectivity index (χ1v) is 6.19. The molecule has 0 saturated heterocycles. The molecule has 3 rings (SSSR count). The molecule has 1 amide bonds. The molecule has 0 aliphatic rings. The quantitative estimate of drug-likeness (QED) is 0.737. The molecular formula is C16H12N2O2. The van der Waals surface area contributed by atoms with Crippen LogP contribution in [0.5, 0.6) is 0 Å². The van der Waals surface area contributed by atoms with Crippen LogP contribution in [-0.4, -0.2) is 10.9 Å². The second-order valence-corrected chi connectivity index (χ2v) is 4.25. The molecule has 1 aromatic carbocycles. The van der Waals surface area contributed by atoms with E-state index in [2.05, 4.69) is 10.3 Å². The van der Waals surface area contributed by atoms with Crippen LogP contribution in [-0.2, 0) is 4.79 Å². The number of amides is 1. The fourth-order valence-corrected chi connectivity index (χ4v) is 1.86. The molecule has 98 valence electrons. The summed E-state index contributed by atoms with van der Waals surface area (Å²) in [5, 5.41) is 3.75. The van der Waals surface area contributed by atoms with Crippen LogP contribution in [0.1, 0.15) is 5.76 Å². The Morgan fingerprint density at radius 3 is 2.75 bits per heavy atom. The summed E-state index contributed by atoms with van der Waals surface area (Å²) in [5.41, 5.74) is 1.51. The fraction of sp³-hybridized carbons (Fsp3) is 0. The lowest BCUT2D eigenvalue weighted by molar-refractivity contribution is -0.111. The standard InChI is InChI=1S/C16H12N2O2/c19-16(18-13-7-9-17-10-8-13)6-5-14-11-12-3-1-2-4-15(12)20-14/h1-11H,(H,17,18,19)/b6-5+. The number of hydrogen-bond acceptors (Lipinski definition) is 3. The number of carbonyl (C=O) groups is 1. The molecule has 0 unspecified atom stereocenters. The van der Waals surface area contributed by atoms with E-state index in [9.17, 15) is 4.79 Å². The van der Waals surface area contributed by atoms with E-state index in [-0.39, 0.29) is 5.91 Å². The summed E-state index contributed by atoms with van der Waals surface area (Å²) in [6, 6.07) is 13.1. The Labute approximate surface area is 115 Å². The van der Waals surface area contributed by atoms with Gasteiger partial charge in [-0.3, -0.25) is 9.78 Å². The first-order valence-electron chi connectivity index (χ1n) is 6.19. The van der Waals surface area contributed by atoms with E-state index in [1.807, 2.05) is 30.3 Å². The molecule has 0 spiro atoms. The fourth-order valence-electron chi connectivity index (χ4n) is 1.86. The van der Waals surface area contributed by atoms with Crippen molar-refractivity contribution in [2.75, 3.05) is 5.32 Å². The molecule has 0 saturated carbocycles. The van der Waals surface area contributed by atoms with Crippen LogP contribution < -0.4 is 5.32 Å². The first-order chi connectivity index (χ1) is 9.81. The monoisotopic (exact) mass is 264 g/mol. The van der Waals surface area contributed by atoms with Gasteiger partial charge in [0.05, 0.1) is 0 Å². The summed E-state index contributed by atoms with van der Waals surface area (Å²) >= 11 is 0. The van der Waals surface area contributed by atoms with Crippen LogP contribution >= 0.6 is 0 Å². The van der Waals surface area contributed by atoms with Crippen LogP contribution in [0, 0.1) is 0 Å². The van der Waals surface area contributed by atoms with Gasteiger partial charge in [-0.1, -0.05) is 18.2 Å². The molecule has 4 heteroatoms. The van der Waals surface area contributed by atoms with Crippen molar-refractivity contribution in [3.63, 3.8) is 0 Å². The highest BCUT2D eigenvalue weighted by Gasteiger charge is 2.01.